The predicted molar refractivity (Wildman–Crippen MR) is 82.2 cm³/mol. The molecular weight excluding hydrogens is 270 g/mol. The van der Waals surface area contributed by atoms with Gasteiger partial charge in [0.05, 0.1) is 18.0 Å². The molecule has 0 atom stereocenters. The topological polar surface area (TPSA) is 71.2 Å². The Bertz CT molecular complexity index is 495. The van der Waals surface area contributed by atoms with Crippen LogP contribution in [0.1, 0.15) is 6.42 Å². The van der Waals surface area contributed by atoms with Crippen molar-refractivity contribution in [1.82, 2.24) is 4.90 Å². The third-order valence-corrected chi connectivity index (χ3v) is 4.04. The van der Waals surface area contributed by atoms with Gasteiger partial charge in [-0.05, 0) is 13.0 Å². The molecule has 21 heavy (non-hydrogen) atoms. The lowest BCUT2D eigenvalue weighted by atomic mass is 10.2. The highest BCUT2D eigenvalue weighted by molar-refractivity contribution is 5.73. The third-order valence-electron chi connectivity index (χ3n) is 4.04. The lowest BCUT2D eigenvalue weighted by molar-refractivity contribution is 0.172. The first-order valence-corrected chi connectivity index (χ1v) is 7.55. The first kappa shape index (κ1) is 14.3. The standard InChI is InChI=1S/C15H23N3O3/c16-12-10-14-15(21-9-8-20-14)11-13(12)18-3-1-2-17(4-5-18)6-7-19/h10-11,19H,1-9,16H2. The van der Waals surface area contributed by atoms with Crippen LogP contribution in [0.2, 0.25) is 0 Å². The Morgan fingerprint density at radius 3 is 2.57 bits per heavy atom. The molecule has 1 saturated heterocycles. The highest BCUT2D eigenvalue weighted by Crippen LogP contribution is 2.38. The van der Waals surface area contributed by atoms with Crippen molar-refractivity contribution in [3.05, 3.63) is 12.1 Å². The minimum Gasteiger partial charge on any atom is -0.486 e. The number of aliphatic hydroxyl groups excluding tert-OH is 1. The molecule has 1 aromatic rings. The number of anilines is 2. The van der Waals surface area contributed by atoms with Gasteiger partial charge in [-0.1, -0.05) is 0 Å². The smallest absolute Gasteiger partial charge is 0.163 e. The average molecular weight is 293 g/mol. The van der Waals surface area contributed by atoms with Crippen molar-refractivity contribution in [3.8, 4) is 11.5 Å². The van der Waals surface area contributed by atoms with Crippen LogP contribution in [0.15, 0.2) is 12.1 Å². The quantitative estimate of drug-likeness (QED) is 0.793. The van der Waals surface area contributed by atoms with E-state index in [-0.39, 0.29) is 6.61 Å². The molecule has 0 bridgehead atoms. The van der Waals surface area contributed by atoms with Crippen LogP contribution in [0.5, 0.6) is 11.5 Å². The number of nitrogens with zero attached hydrogens (tertiary/aromatic N) is 2. The number of hydrogen-bond acceptors (Lipinski definition) is 6. The summed E-state index contributed by atoms with van der Waals surface area (Å²) >= 11 is 0. The number of nitrogen functional groups attached to an aromatic ring is 1. The summed E-state index contributed by atoms with van der Waals surface area (Å²) in [6.45, 7) is 5.94. The van der Waals surface area contributed by atoms with Gasteiger partial charge in [-0.2, -0.15) is 0 Å². The van der Waals surface area contributed by atoms with Crippen LogP contribution in [0.3, 0.4) is 0 Å². The maximum absolute atomic E-state index is 9.06. The van der Waals surface area contributed by atoms with Gasteiger partial charge < -0.3 is 25.2 Å². The van der Waals surface area contributed by atoms with E-state index in [0.29, 0.717) is 13.2 Å². The molecule has 6 nitrogen and oxygen atoms in total. The number of ether oxygens (including phenoxy) is 2. The Morgan fingerprint density at radius 2 is 1.81 bits per heavy atom. The molecule has 0 saturated carbocycles. The largest absolute Gasteiger partial charge is 0.486 e. The molecule has 2 heterocycles. The SMILES string of the molecule is Nc1cc2c(cc1N1CCCN(CCO)CC1)OCCO2. The average Bonchev–Trinajstić information content (AvgIpc) is 2.73. The van der Waals surface area contributed by atoms with Crippen LogP contribution in [0.25, 0.3) is 0 Å². The van der Waals surface area contributed by atoms with Crippen molar-refractivity contribution in [1.29, 1.82) is 0 Å². The van der Waals surface area contributed by atoms with E-state index in [1.54, 1.807) is 0 Å². The number of β-amino-alcohol motifs (C(OH)–C–C–N with tert-alkyl or cyclic N) is 1. The summed E-state index contributed by atoms with van der Waals surface area (Å²) in [6.07, 6.45) is 1.06. The zero-order valence-corrected chi connectivity index (χ0v) is 12.3. The fourth-order valence-corrected chi connectivity index (χ4v) is 2.94. The van der Waals surface area contributed by atoms with Gasteiger partial charge >= 0.3 is 0 Å². The van der Waals surface area contributed by atoms with E-state index in [0.717, 1.165) is 62.0 Å². The Labute approximate surface area is 125 Å². The maximum atomic E-state index is 9.06. The Hall–Kier alpha value is -1.66. The van der Waals surface area contributed by atoms with Crippen molar-refractivity contribution < 1.29 is 14.6 Å². The fraction of sp³-hybridized carbons (Fsp3) is 0.600. The highest BCUT2D eigenvalue weighted by atomic mass is 16.6. The van der Waals surface area contributed by atoms with Gasteiger partial charge in [0.25, 0.3) is 0 Å². The minimum absolute atomic E-state index is 0.214. The summed E-state index contributed by atoms with van der Waals surface area (Å²) in [4.78, 5) is 4.58. The van der Waals surface area contributed by atoms with Gasteiger partial charge in [0.2, 0.25) is 0 Å². The summed E-state index contributed by atoms with van der Waals surface area (Å²) in [7, 11) is 0. The normalized spacial score (nSPS) is 19.4. The molecule has 1 fully saturated rings. The van der Waals surface area contributed by atoms with Gasteiger partial charge in [0, 0.05) is 38.3 Å². The fourth-order valence-electron chi connectivity index (χ4n) is 2.94. The van der Waals surface area contributed by atoms with Crippen molar-refractivity contribution in [2.45, 2.75) is 6.42 Å². The van der Waals surface area contributed by atoms with Crippen LogP contribution < -0.4 is 20.1 Å². The van der Waals surface area contributed by atoms with Gasteiger partial charge in [0.15, 0.2) is 11.5 Å². The second-order valence-electron chi connectivity index (χ2n) is 5.46. The molecule has 0 aliphatic carbocycles. The molecule has 6 heteroatoms. The number of nitrogens with two attached hydrogens (primary N) is 1. The molecule has 0 radical (unpaired) electrons. The Kier molecular flexibility index (Phi) is 4.36. The van der Waals surface area contributed by atoms with Crippen LogP contribution in [-0.4, -0.2) is 62.6 Å². The van der Waals surface area contributed by atoms with Crippen LogP contribution in [0.4, 0.5) is 11.4 Å². The molecule has 2 aliphatic heterocycles. The molecular formula is C15H23N3O3. The third kappa shape index (κ3) is 3.16. The van der Waals surface area contributed by atoms with E-state index < -0.39 is 0 Å². The second kappa shape index (κ2) is 6.41. The molecule has 0 unspecified atom stereocenters. The Balaban J connectivity index is 1.77. The number of hydrogen-bond donors (Lipinski definition) is 2. The lowest BCUT2D eigenvalue weighted by Crippen LogP contribution is -2.32. The van der Waals surface area contributed by atoms with Crippen molar-refractivity contribution in [3.63, 3.8) is 0 Å². The summed E-state index contributed by atoms with van der Waals surface area (Å²) in [5, 5.41) is 9.06. The number of fused-ring (bicyclic) bond motifs is 1. The van der Waals surface area contributed by atoms with Gasteiger partial charge in [-0.3, -0.25) is 4.90 Å². The highest BCUT2D eigenvalue weighted by Gasteiger charge is 2.20. The van der Waals surface area contributed by atoms with E-state index in [1.165, 1.54) is 0 Å². The van der Waals surface area contributed by atoms with Crippen LogP contribution in [-0.2, 0) is 0 Å². The van der Waals surface area contributed by atoms with Crippen molar-refractivity contribution >= 4 is 11.4 Å². The molecule has 116 valence electrons. The number of benzene rings is 1. The van der Waals surface area contributed by atoms with E-state index in [1.807, 2.05) is 12.1 Å². The first-order valence-electron chi connectivity index (χ1n) is 7.55. The molecule has 3 rings (SSSR count). The van der Waals surface area contributed by atoms with E-state index >= 15 is 0 Å². The first-order chi connectivity index (χ1) is 10.3. The van der Waals surface area contributed by atoms with Crippen molar-refractivity contribution in [2.24, 2.45) is 0 Å². The van der Waals surface area contributed by atoms with E-state index in [4.69, 9.17) is 20.3 Å². The van der Waals surface area contributed by atoms with Gasteiger partial charge in [0.1, 0.15) is 13.2 Å². The predicted octanol–water partition coefficient (Wildman–Crippen LogP) is 0.544. The van der Waals surface area contributed by atoms with Crippen LogP contribution >= 0.6 is 0 Å². The zero-order valence-electron chi connectivity index (χ0n) is 12.3. The second-order valence-corrected chi connectivity index (χ2v) is 5.46. The summed E-state index contributed by atoms with van der Waals surface area (Å²) in [5.74, 6) is 1.51. The summed E-state index contributed by atoms with van der Waals surface area (Å²) < 4.78 is 11.2. The minimum atomic E-state index is 0.214. The molecule has 0 spiro atoms. The van der Waals surface area contributed by atoms with Gasteiger partial charge in [-0.15, -0.1) is 0 Å². The number of rotatable bonds is 3. The maximum Gasteiger partial charge on any atom is 0.163 e. The van der Waals surface area contributed by atoms with Gasteiger partial charge in [-0.25, -0.2) is 0 Å². The zero-order chi connectivity index (χ0) is 14.7. The molecule has 0 aromatic heterocycles. The molecule has 0 amide bonds. The van der Waals surface area contributed by atoms with E-state index in [2.05, 4.69) is 9.80 Å². The van der Waals surface area contributed by atoms with E-state index in [9.17, 15) is 0 Å². The summed E-state index contributed by atoms with van der Waals surface area (Å²) in [6, 6.07) is 3.85. The number of aliphatic hydroxyl groups is 1. The summed E-state index contributed by atoms with van der Waals surface area (Å²) in [5.41, 5.74) is 7.94. The lowest BCUT2D eigenvalue weighted by Gasteiger charge is -2.27. The van der Waals surface area contributed by atoms with Crippen molar-refractivity contribution in [2.75, 3.05) is 63.2 Å². The Morgan fingerprint density at radius 1 is 1.05 bits per heavy atom. The molecule has 2 aliphatic rings. The molecule has 3 N–H and O–H groups in total. The molecule has 1 aromatic carbocycles. The van der Waals surface area contributed by atoms with Crippen LogP contribution in [0, 0.1) is 0 Å². The monoisotopic (exact) mass is 293 g/mol.